The van der Waals surface area contributed by atoms with Crippen molar-refractivity contribution in [3.05, 3.63) is 35.4 Å². The van der Waals surface area contributed by atoms with E-state index in [-0.39, 0.29) is 61.8 Å². The summed E-state index contributed by atoms with van der Waals surface area (Å²) in [6.45, 7) is 0.231. The number of hydrogen-bond donors (Lipinski definition) is 4. The molecule has 1 rings (SSSR count). The number of aliphatic carboxylic acids is 1. The minimum atomic E-state index is -1.23. The third-order valence-corrected chi connectivity index (χ3v) is 1.75. The first-order chi connectivity index (χ1) is 8.40. The van der Waals surface area contributed by atoms with Gasteiger partial charge in [-0.25, -0.2) is 9.59 Å². The average Bonchev–Trinajstić information content (AvgIpc) is 2.29. The van der Waals surface area contributed by atoms with E-state index in [1.807, 2.05) is 0 Å². The number of carboxylic acid groups (broad SMARTS) is 3. The maximum absolute atomic E-state index is 10.5. The summed E-state index contributed by atoms with van der Waals surface area (Å²) < 4.78 is 0. The van der Waals surface area contributed by atoms with E-state index in [0.717, 1.165) is 0 Å². The number of nitrogens with two attached hydrogens (primary N) is 1. The van der Waals surface area contributed by atoms with E-state index < -0.39 is 17.9 Å². The molecule has 0 aromatic heterocycles. The maximum atomic E-state index is 10.5. The van der Waals surface area contributed by atoms with Crippen molar-refractivity contribution in [3.8, 4) is 0 Å². The molecule has 0 fully saturated rings. The van der Waals surface area contributed by atoms with Crippen LogP contribution < -0.4 is 5.73 Å². The zero-order valence-corrected chi connectivity index (χ0v) is 9.37. The fourth-order valence-electron chi connectivity index (χ4n) is 0.980. The molecule has 102 valence electrons. The predicted octanol–water partition coefficient (Wildman–Crippen LogP) is -0.413. The molecule has 0 saturated carbocycles. The van der Waals surface area contributed by atoms with Gasteiger partial charge < -0.3 is 21.1 Å². The number of carboxylic acids is 3. The molecule has 0 radical (unpaired) electrons. The van der Waals surface area contributed by atoms with Crippen molar-refractivity contribution in [1.29, 1.82) is 0 Å². The van der Waals surface area contributed by atoms with Crippen LogP contribution >= 0.6 is 0 Å². The normalized spacial score (nSPS) is 8.47. The molecule has 0 bridgehead atoms. The first-order valence-electron chi connectivity index (χ1n) is 4.87. The van der Waals surface area contributed by atoms with Crippen LogP contribution in [-0.2, 0) is 4.79 Å². The predicted molar refractivity (Wildman–Crippen MR) is 70.2 cm³/mol. The molecular formula is C11H15CaNO6. The molecule has 7 nitrogen and oxygen atoms in total. The summed E-state index contributed by atoms with van der Waals surface area (Å²) in [6, 6.07) is 5.48. The van der Waals surface area contributed by atoms with Gasteiger partial charge in [-0.05, 0) is 12.1 Å². The Morgan fingerprint density at radius 2 is 1.32 bits per heavy atom. The summed E-state index contributed by atoms with van der Waals surface area (Å²) in [5.41, 5.74) is 4.47. The first kappa shape index (κ1) is 20.2. The number of carbonyl (C=O) groups is 3. The Morgan fingerprint density at radius 3 is 1.47 bits per heavy atom. The van der Waals surface area contributed by atoms with Crippen LogP contribution in [0.3, 0.4) is 0 Å². The van der Waals surface area contributed by atoms with Gasteiger partial charge in [-0.2, -0.15) is 0 Å². The van der Waals surface area contributed by atoms with Crippen LogP contribution in [-0.4, -0.2) is 77.5 Å². The molecule has 1 aromatic rings. The van der Waals surface area contributed by atoms with Gasteiger partial charge in [0.25, 0.3) is 0 Å². The van der Waals surface area contributed by atoms with Gasteiger partial charge in [0.1, 0.15) is 0 Å². The van der Waals surface area contributed by atoms with E-state index in [9.17, 15) is 14.4 Å². The van der Waals surface area contributed by atoms with E-state index in [0.29, 0.717) is 0 Å². The fraction of sp³-hybridized carbons (Fsp3) is 0.182. The van der Waals surface area contributed by atoms with Crippen LogP contribution in [0.25, 0.3) is 0 Å². The van der Waals surface area contributed by atoms with Gasteiger partial charge >= 0.3 is 55.6 Å². The van der Waals surface area contributed by atoms with Gasteiger partial charge in [-0.3, -0.25) is 4.79 Å². The summed E-state index contributed by atoms with van der Waals surface area (Å²) in [5.74, 6) is -3.29. The zero-order chi connectivity index (χ0) is 14.1. The zero-order valence-electron chi connectivity index (χ0n) is 9.37. The van der Waals surface area contributed by atoms with Crippen LogP contribution in [0.4, 0.5) is 0 Å². The Bertz CT molecular complexity index is 416. The molecule has 8 heteroatoms. The Morgan fingerprint density at radius 1 is 0.947 bits per heavy atom. The summed E-state index contributed by atoms with van der Waals surface area (Å²) in [7, 11) is 0. The van der Waals surface area contributed by atoms with Crippen molar-refractivity contribution in [2.24, 2.45) is 5.73 Å². The third-order valence-electron chi connectivity index (χ3n) is 1.75. The Balaban J connectivity index is 0. The molecule has 0 saturated heterocycles. The van der Waals surface area contributed by atoms with Crippen molar-refractivity contribution in [2.75, 3.05) is 6.54 Å². The van der Waals surface area contributed by atoms with E-state index in [2.05, 4.69) is 0 Å². The summed E-state index contributed by atoms with van der Waals surface area (Å²) >= 11 is 0. The number of benzene rings is 1. The molecule has 0 aliphatic heterocycles. The first-order valence-corrected chi connectivity index (χ1v) is 4.87. The van der Waals surface area contributed by atoms with E-state index in [1.165, 1.54) is 24.3 Å². The molecule has 0 amide bonds. The van der Waals surface area contributed by atoms with Crippen molar-refractivity contribution in [3.63, 3.8) is 0 Å². The Labute approximate surface area is 139 Å². The van der Waals surface area contributed by atoms with E-state index in [4.69, 9.17) is 21.1 Å². The second kappa shape index (κ2) is 10.7. The van der Waals surface area contributed by atoms with Gasteiger partial charge in [0.05, 0.1) is 17.5 Å². The van der Waals surface area contributed by atoms with Crippen LogP contribution in [0.2, 0.25) is 0 Å². The van der Waals surface area contributed by atoms with Crippen molar-refractivity contribution < 1.29 is 29.7 Å². The van der Waals surface area contributed by atoms with E-state index in [1.54, 1.807) is 0 Å². The second-order valence-corrected chi connectivity index (χ2v) is 3.09. The van der Waals surface area contributed by atoms with Gasteiger partial charge in [-0.1, -0.05) is 12.1 Å². The topological polar surface area (TPSA) is 138 Å². The van der Waals surface area contributed by atoms with Crippen molar-refractivity contribution in [2.45, 2.75) is 6.42 Å². The van der Waals surface area contributed by atoms with Crippen LogP contribution in [0.1, 0.15) is 27.1 Å². The quantitative estimate of drug-likeness (QED) is 0.554. The number of hydrogen-bond acceptors (Lipinski definition) is 4. The summed E-state index contributed by atoms with van der Waals surface area (Å²) in [4.78, 5) is 30.4. The minimum absolute atomic E-state index is 0. The molecule has 0 atom stereocenters. The SMILES string of the molecule is NCCC(=O)O.O=C(O)c1ccccc1C(=O)O.[CaH2]. The van der Waals surface area contributed by atoms with Gasteiger partial charge in [0, 0.05) is 6.54 Å². The fourth-order valence-corrected chi connectivity index (χ4v) is 0.980. The number of rotatable bonds is 4. The molecule has 0 spiro atoms. The molecule has 0 heterocycles. The summed E-state index contributed by atoms with van der Waals surface area (Å²) in [6.07, 6.45) is 0.0694. The van der Waals surface area contributed by atoms with Crippen LogP contribution in [0.5, 0.6) is 0 Å². The Hall–Kier alpha value is -1.15. The van der Waals surface area contributed by atoms with Crippen molar-refractivity contribution >= 4 is 55.6 Å². The van der Waals surface area contributed by atoms with Crippen LogP contribution in [0.15, 0.2) is 24.3 Å². The molecule has 19 heavy (non-hydrogen) atoms. The van der Waals surface area contributed by atoms with Crippen LogP contribution in [0, 0.1) is 0 Å². The van der Waals surface area contributed by atoms with Crippen molar-refractivity contribution in [1.82, 2.24) is 0 Å². The standard InChI is InChI=1S/C8H6O4.C3H7NO2.Ca.2H/c9-7(10)5-3-1-2-4-6(5)8(11)12;4-2-1-3(5)6;;;/h1-4H,(H,9,10)(H,11,12);1-2,4H2,(H,5,6);;;. The van der Waals surface area contributed by atoms with E-state index >= 15 is 0 Å². The molecule has 0 unspecified atom stereocenters. The molecule has 5 N–H and O–H groups in total. The molecular weight excluding hydrogens is 282 g/mol. The number of aromatic carboxylic acids is 2. The van der Waals surface area contributed by atoms with Gasteiger partial charge in [-0.15, -0.1) is 0 Å². The monoisotopic (exact) mass is 297 g/mol. The average molecular weight is 297 g/mol. The van der Waals surface area contributed by atoms with Gasteiger partial charge in [0.15, 0.2) is 0 Å². The molecule has 1 aromatic carbocycles. The molecule has 0 aliphatic rings. The summed E-state index contributed by atoms with van der Waals surface area (Å²) in [5, 5.41) is 24.9. The third kappa shape index (κ3) is 8.55. The Kier molecular flexibility index (Phi) is 11.4. The van der Waals surface area contributed by atoms with Gasteiger partial charge in [0.2, 0.25) is 0 Å². The second-order valence-electron chi connectivity index (χ2n) is 3.09. The molecule has 0 aliphatic carbocycles.